The summed E-state index contributed by atoms with van der Waals surface area (Å²) in [6.07, 6.45) is 1.78. The minimum Gasteiger partial charge on any atom is -0.481 e. The van der Waals surface area contributed by atoms with Crippen molar-refractivity contribution >= 4 is 35.7 Å². The highest BCUT2D eigenvalue weighted by Gasteiger charge is 2.32. The first-order valence-electron chi connectivity index (χ1n) is 16.4. The van der Waals surface area contributed by atoms with Gasteiger partial charge in [-0.25, -0.2) is 9.78 Å². The topological polar surface area (TPSA) is 170 Å². The van der Waals surface area contributed by atoms with Crippen molar-refractivity contribution < 1.29 is 38.6 Å². The Morgan fingerprint density at radius 2 is 1.48 bits per heavy atom. The molecule has 14 heteroatoms. The maximum Gasteiger partial charge on any atom is 0.409 e. The van der Waals surface area contributed by atoms with Crippen molar-refractivity contribution in [1.29, 1.82) is 0 Å². The third-order valence-electron chi connectivity index (χ3n) is 8.46. The van der Waals surface area contributed by atoms with Crippen LogP contribution in [-0.4, -0.2) is 130 Å². The van der Waals surface area contributed by atoms with Crippen LogP contribution in [0.1, 0.15) is 66.8 Å². The van der Waals surface area contributed by atoms with E-state index < -0.39 is 29.9 Å². The monoisotopic (exact) mass is 664 g/mol. The van der Waals surface area contributed by atoms with Gasteiger partial charge in [0.05, 0.1) is 12.3 Å². The normalized spacial score (nSPS) is 15.5. The number of benzene rings is 1. The maximum absolute atomic E-state index is 13.7. The number of carboxylic acid groups (broad SMARTS) is 1. The van der Waals surface area contributed by atoms with Gasteiger partial charge in [-0.3, -0.25) is 24.0 Å². The second-order valence-corrected chi connectivity index (χ2v) is 11.9. The van der Waals surface area contributed by atoms with E-state index in [1.807, 2.05) is 6.07 Å². The standard InChI is InChI=1S/C34H44N6O8/c1-3-4-8-21-48-34(47)40-19-17-39(18-20-40)33(46)27(11-12-30(42)43)36-31(44)29-23-26(22-28(35-29)25-9-6-5-7-10-25)32(45)38-15-13-37(14-16-38)24(2)41/h5-7,9-10,22-23,27H,3-4,8,11-21H2,1-2H3,(H,36,44)(H,42,43)/t27-/m0/s1. The Hall–Kier alpha value is -5.01. The third-order valence-corrected chi connectivity index (χ3v) is 8.46. The number of hydrogen-bond acceptors (Lipinski definition) is 8. The molecule has 48 heavy (non-hydrogen) atoms. The predicted molar refractivity (Wildman–Crippen MR) is 175 cm³/mol. The van der Waals surface area contributed by atoms with Gasteiger partial charge in [0.25, 0.3) is 11.8 Å². The van der Waals surface area contributed by atoms with Crippen molar-refractivity contribution in [3.05, 3.63) is 53.7 Å². The molecule has 0 aliphatic carbocycles. The number of ether oxygens (including phenoxy) is 1. The van der Waals surface area contributed by atoms with Gasteiger partial charge in [0.15, 0.2) is 0 Å². The number of aromatic nitrogens is 1. The van der Waals surface area contributed by atoms with Crippen LogP contribution in [-0.2, 0) is 19.1 Å². The van der Waals surface area contributed by atoms with Crippen molar-refractivity contribution in [3.63, 3.8) is 0 Å². The van der Waals surface area contributed by atoms with Gasteiger partial charge in [-0.05, 0) is 25.0 Å². The molecule has 14 nitrogen and oxygen atoms in total. The zero-order chi connectivity index (χ0) is 34.6. The minimum absolute atomic E-state index is 0.0643. The lowest BCUT2D eigenvalue weighted by atomic mass is 10.1. The van der Waals surface area contributed by atoms with E-state index in [2.05, 4.69) is 17.2 Å². The third kappa shape index (κ3) is 9.75. The lowest BCUT2D eigenvalue weighted by Crippen LogP contribution is -2.56. The van der Waals surface area contributed by atoms with Crippen LogP contribution in [0.5, 0.6) is 0 Å². The van der Waals surface area contributed by atoms with Crippen LogP contribution in [0.15, 0.2) is 42.5 Å². The molecule has 2 saturated heterocycles. The lowest BCUT2D eigenvalue weighted by Gasteiger charge is -2.36. The first kappa shape index (κ1) is 35.8. The quantitative estimate of drug-likeness (QED) is 0.324. The number of carboxylic acids is 1. The summed E-state index contributed by atoms with van der Waals surface area (Å²) in [5.74, 6) is -2.72. The number of nitrogens with zero attached hydrogens (tertiary/aromatic N) is 5. The molecular weight excluding hydrogens is 620 g/mol. The van der Waals surface area contributed by atoms with Gasteiger partial charge >= 0.3 is 12.1 Å². The summed E-state index contributed by atoms with van der Waals surface area (Å²) in [7, 11) is 0. The van der Waals surface area contributed by atoms with E-state index in [9.17, 15) is 33.9 Å². The molecule has 2 aliphatic rings. The summed E-state index contributed by atoms with van der Waals surface area (Å²) >= 11 is 0. The predicted octanol–water partition coefficient (Wildman–Crippen LogP) is 2.49. The summed E-state index contributed by atoms with van der Waals surface area (Å²) in [5.41, 5.74) is 1.16. The number of rotatable bonds is 12. The number of piperazine rings is 2. The molecular formula is C34H44N6O8. The number of carbonyl (C=O) groups excluding carboxylic acids is 5. The molecule has 3 heterocycles. The fourth-order valence-corrected chi connectivity index (χ4v) is 5.62. The number of nitrogens with one attached hydrogen (secondary N) is 1. The Morgan fingerprint density at radius 1 is 0.854 bits per heavy atom. The van der Waals surface area contributed by atoms with Crippen LogP contribution in [0.2, 0.25) is 0 Å². The number of unbranched alkanes of at least 4 members (excludes halogenated alkanes) is 2. The highest BCUT2D eigenvalue weighted by Crippen LogP contribution is 2.21. The van der Waals surface area contributed by atoms with Crippen LogP contribution < -0.4 is 5.32 Å². The fourth-order valence-electron chi connectivity index (χ4n) is 5.62. The molecule has 0 bridgehead atoms. The number of hydrogen-bond donors (Lipinski definition) is 2. The number of aliphatic carboxylic acids is 1. The van der Waals surface area contributed by atoms with Crippen molar-refractivity contribution in [3.8, 4) is 11.3 Å². The fraction of sp³-hybridized carbons (Fsp3) is 0.500. The average molecular weight is 665 g/mol. The first-order valence-corrected chi connectivity index (χ1v) is 16.4. The SMILES string of the molecule is CCCCCOC(=O)N1CCN(C(=O)[C@H](CCC(=O)O)NC(=O)c2cc(C(=O)N3CCN(C(C)=O)CC3)cc(-c3ccccc3)n2)CC1. The minimum atomic E-state index is -1.18. The summed E-state index contributed by atoms with van der Waals surface area (Å²) in [6.45, 7) is 6.20. The molecule has 5 amide bonds. The van der Waals surface area contributed by atoms with Gasteiger partial charge in [0, 0.05) is 76.8 Å². The zero-order valence-electron chi connectivity index (χ0n) is 27.6. The van der Waals surface area contributed by atoms with Gasteiger partial charge in [-0.1, -0.05) is 50.1 Å². The van der Waals surface area contributed by atoms with Crippen LogP contribution in [0, 0.1) is 0 Å². The maximum atomic E-state index is 13.7. The summed E-state index contributed by atoms with van der Waals surface area (Å²) in [4.78, 5) is 87.4. The molecule has 2 N–H and O–H groups in total. The molecule has 2 fully saturated rings. The van der Waals surface area contributed by atoms with Crippen molar-refractivity contribution in [2.75, 3.05) is 59.0 Å². The zero-order valence-corrected chi connectivity index (χ0v) is 27.6. The first-order chi connectivity index (χ1) is 23.1. The Labute approximate surface area is 280 Å². The van der Waals surface area contributed by atoms with E-state index in [4.69, 9.17) is 4.74 Å². The second kappa shape index (κ2) is 17.2. The average Bonchev–Trinajstić information content (AvgIpc) is 3.11. The largest absolute Gasteiger partial charge is 0.481 e. The molecule has 1 aromatic heterocycles. The number of pyridine rings is 1. The Morgan fingerprint density at radius 3 is 2.10 bits per heavy atom. The Balaban J connectivity index is 1.50. The molecule has 0 spiro atoms. The highest BCUT2D eigenvalue weighted by atomic mass is 16.6. The lowest BCUT2D eigenvalue weighted by molar-refractivity contribution is -0.138. The summed E-state index contributed by atoms with van der Waals surface area (Å²) < 4.78 is 5.33. The van der Waals surface area contributed by atoms with Crippen molar-refractivity contribution in [2.24, 2.45) is 0 Å². The van der Waals surface area contributed by atoms with Crippen LogP contribution >= 0.6 is 0 Å². The molecule has 1 atom stereocenters. The molecule has 0 radical (unpaired) electrons. The summed E-state index contributed by atoms with van der Waals surface area (Å²) in [5, 5.41) is 12.0. The molecule has 0 unspecified atom stereocenters. The second-order valence-electron chi connectivity index (χ2n) is 11.9. The summed E-state index contributed by atoms with van der Waals surface area (Å²) in [6, 6.07) is 10.8. The highest BCUT2D eigenvalue weighted by molar-refractivity contribution is 6.01. The molecule has 4 rings (SSSR count). The van der Waals surface area contributed by atoms with Crippen LogP contribution in [0.4, 0.5) is 4.79 Å². The van der Waals surface area contributed by atoms with E-state index in [-0.39, 0.29) is 62.1 Å². The van der Waals surface area contributed by atoms with Gasteiger partial charge in [0.1, 0.15) is 11.7 Å². The van der Waals surface area contributed by atoms with E-state index in [0.29, 0.717) is 44.0 Å². The molecule has 2 aromatic rings. The molecule has 0 saturated carbocycles. The van der Waals surface area contributed by atoms with Gasteiger partial charge in [0.2, 0.25) is 11.8 Å². The Bertz CT molecular complexity index is 1470. The van der Waals surface area contributed by atoms with E-state index >= 15 is 0 Å². The number of amides is 5. The van der Waals surface area contributed by atoms with Crippen LogP contribution in [0.3, 0.4) is 0 Å². The van der Waals surface area contributed by atoms with Gasteiger partial charge < -0.3 is 34.8 Å². The van der Waals surface area contributed by atoms with E-state index in [1.165, 1.54) is 22.8 Å². The van der Waals surface area contributed by atoms with Gasteiger partial charge in [-0.15, -0.1) is 0 Å². The molecule has 258 valence electrons. The van der Waals surface area contributed by atoms with Gasteiger partial charge in [-0.2, -0.15) is 0 Å². The molecule has 1 aromatic carbocycles. The molecule has 2 aliphatic heterocycles. The Kier molecular flexibility index (Phi) is 12.9. The van der Waals surface area contributed by atoms with Crippen LogP contribution in [0.25, 0.3) is 11.3 Å². The van der Waals surface area contributed by atoms with Crippen molar-refractivity contribution in [2.45, 2.75) is 52.0 Å². The van der Waals surface area contributed by atoms with E-state index in [1.54, 1.807) is 40.1 Å². The van der Waals surface area contributed by atoms with E-state index in [0.717, 1.165) is 19.3 Å². The van der Waals surface area contributed by atoms with Crippen molar-refractivity contribution in [1.82, 2.24) is 29.9 Å². The smallest absolute Gasteiger partial charge is 0.409 e. The number of carbonyl (C=O) groups is 6.